The standard InChI is InChI=1S/C29H29FO4/c1-6-26(34-29(32)21(4)5)11-7-10-24-16-17-25(19-27(24)30)23-14-12-22(13-15-23)9-8-18-33-28(31)20(2)3/h6-7,10-17,19H,1-2,4,8-9,18H2,3,5H3/b10-7+,26-11+. The number of hydrogen-bond acceptors (Lipinski definition) is 4. The molecular formula is C29H29FO4. The van der Waals surface area contributed by atoms with Crippen molar-refractivity contribution in [1.29, 1.82) is 0 Å². The Morgan fingerprint density at radius 3 is 2.21 bits per heavy atom. The number of ether oxygens (including phenoxy) is 2. The van der Waals surface area contributed by atoms with Crippen LogP contribution < -0.4 is 0 Å². The number of esters is 2. The second-order valence-corrected chi connectivity index (χ2v) is 7.76. The van der Waals surface area contributed by atoms with E-state index in [0.29, 0.717) is 24.2 Å². The van der Waals surface area contributed by atoms with E-state index < -0.39 is 5.97 Å². The molecule has 0 bridgehead atoms. The molecule has 2 aromatic carbocycles. The van der Waals surface area contributed by atoms with Crippen molar-refractivity contribution in [2.45, 2.75) is 26.7 Å². The van der Waals surface area contributed by atoms with Crippen LogP contribution in [0.5, 0.6) is 0 Å². The largest absolute Gasteiger partial charge is 0.462 e. The fraction of sp³-hybridized carbons (Fsp3) is 0.172. The lowest BCUT2D eigenvalue weighted by atomic mass is 10.0. The van der Waals surface area contributed by atoms with E-state index in [2.05, 4.69) is 19.7 Å². The number of rotatable bonds is 11. The highest BCUT2D eigenvalue weighted by Crippen LogP contribution is 2.23. The third-order valence-electron chi connectivity index (χ3n) is 4.78. The monoisotopic (exact) mass is 460 g/mol. The van der Waals surface area contributed by atoms with E-state index in [1.54, 1.807) is 32.1 Å². The van der Waals surface area contributed by atoms with Gasteiger partial charge in [-0.05, 0) is 61.6 Å². The molecule has 0 aromatic heterocycles. The highest BCUT2D eigenvalue weighted by molar-refractivity contribution is 5.88. The van der Waals surface area contributed by atoms with E-state index in [0.717, 1.165) is 23.1 Å². The lowest BCUT2D eigenvalue weighted by molar-refractivity contribution is -0.139. The van der Waals surface area contributed by atoms with Gasteiger partial charge >= 0.3 is 11.9 Å². The molecule has 0 saturated heterocycles. The molecule has 0 fully saturated rings. The summed E-state index contributed by atoms with van der Waals surface area (Å²) < 4.78 is 24.8. The lowest BCUT2D eigenvalue weighted by Crippen LogP contribution is -2.06. The molecule has 5 heteroatoms. The van der Waals surface area contributed by atoms with Gasteiger partial charge in [0, 0.05) is 16.7 Å². The third kappa shape index (κ3) is 8.17. The van der Waals surface area contributed by atoms with Crippen LogP contribution in [0.25, 0.3) is 17.2 Å². The summed E-state index contributed by atoms with van der Waals surface area (Å²) >= 11 is 0. The maximum Gasteiger partial charge on any atom is 0.338 e. The topological polar surface area (TPSA) is 52.6 Å². The third-order valence-corrected chi connectivity index (χ3v) is 4.78. The van der Waals surface area contributed by atoms with Crippen LogP contribution in [0.3, 0.4) is 0 Å². The van der Waals surface area contributed by atoms with Gasteiger partial charge in [-0.3, -0.25) is 0 Å². The molecule has 0 saturated carbocycles. The molecule has 2 aromatic rings. The van der Waals surface area contributed by atoms with Gasteiger partial charge in [0.25, 0.3) is 0 Å². The minimum atomic E-state index is -0.549. The number of allylic oxidation sites excluding steroid dienone is 3. The van der Waals surface area contributed by atoms with Crippen molar-refractivity contribution in [3.8, 4) is 11.1 Å². The summed E-state index contributed by atoms with van der Waals surface area (Å²) in [5.41, 5.74) is 3.82. The van der Waals surface area contributed by atoms with E-state index in [4.69, 9.17) is 9.47 Å². The average molecular weight is 461 g/mol. The maximum absolute atomic E-state index is 14.6. The first-order chi connectivity index (χ1) is 16.2. The van der Waals surface area contributed by atoms with Crippen molar-refractivity contribution >= 4 is 18.0 Å². The van der Waals surface area contributed by atoms with E-state index >= 15 is 0 Å². The fourth-order valence-corrected chi connectivity index (χ4v) is 2.85. The van der Waals surface area contributed by atoms with Crippen molar-refractivity contribution in [2.75, 3.05) is 6.61 Å². The van der Waals surface area contributed by atoms with Crippen molar-refractivity contribution < 1.29 is 23.5 Å². The number of carbonyl (C=O) groups excluding carboxylic acids is 2. The Bertz CT molecular complexity index is 1140. The average Bonchev–Trinajstić information content (AvgIpc) is 2.82. The molecule has 0 N–H and O–H groups in total. The Balaban J connectivity index is 1.99. The number of benzene rings is 2. The zero-order valence-corrected chi connectivity index (χ0v) is 19.6. The van der Waals surface area contributed by atoms with Gasteiger partial charge in [0.1, 0.15) is 11.6 Å². The summed E-state index contributed by atoms with van der Waals surface area (Å²) in [7, 11) is 0. The van der Waals surface area contributed by atoms with Crippen LogP contribution in [0, 0.1) is 5.82 Å². The first-order valence-corrected chi connectivity index (χ1v) is 10.8. The minimum absolute atomic E-state index is 0.246. The first kappa shape index (κ1) is 26.3. The molecule has 0 atom stereocenters. The Kier molecular flexibility index (Phi) is 9.96. The van der Waals surface area contributed by atoms with Crippen molar-refractivity contribution in [3.05, 3.63) is 114 Å². The minimum Gasteiger partial charge on any atom is -0.462 e. The van der Waals surface area contributed by atoms with Gasteiger partial charge in [0.05, 0.1) is 6.61 Å². The van der Waals surface area contributed by atoms with E-state index in [9.17, 15) is 14.0 Å². The molecule has 0 aliphatic heterocycles. The smallest absolute Gasteiger partial charge is 0.338 e. The molecule has 0 radical (unpaired) electrons. The van der Waals surface area contributed by atoms with Gasteiger partial charge in [-0.25, -0.2) is 14.0 Å². The van der Waals surface area contributed by atoms with Gasteiger partial charge in [0.15, 0.2) is 0 Å². The van der Waals surface area contributed by atoms with E-state index in [1.165, 1.54) is 18.2 Å². The summed E-state index contributed by atoms with van der Waals surface area (Å²) in [4.78, 5) is 23.0. The molecule has 0 unspecified atom stereocenters. The van der Waals surface area contributed by atoms with Crippen molar-refractivity contribution in [3.63, 3.8) is 0 Å². The van der Waals surface area contributed by atoms with Crippen LogP contribution in [-0.4, -0.2) is 18.5 Å². The second-order valence-electron chi connectivity index (χ2n) is 7.76. The van der Waals surface area contributed by atoms with Crippen LogP contribution in [0.1, 0.15) is 31.4 Å². The van der Waals surface area contributed by atoms with Crippen LogP contribution in [0.4, 0.5) is 4.39 Å². The van der Waals surface area contributed by atoms with Crippen molar-refractivity contribution in [1.82, 2.24) is 0 Å². The predicted molar refractivity (Wildman–Crippen MR) is 134 cm³/mol. The Morgan fingerprint density at radius 1 is 0.971 bits per heavy atom. The number of hydrogen-bond donors (Lipinski definition) is 0. The van der Waals surface area contributed by atoms with Gasteiger partial charge in [0.2, 0.25) is 0 Å². The molecule has 4 nitrogen and oxygen atoms in total. The van der Waals surface area contributed by atoms with E-state index in [-0.39, 0.29) is 23.1 Å². The Labute approximate surface area is 200 Å². The van der Waals surface area contributed by atoms with Crippen LogP contribution in [0.15, 0.2) is 97.3 Å². The van der Waals surface area contributed by atoms with Crippen LogP contribution in [-0.2, 0) is 25.5 Å². The van der Waals surface area contributed by atoms with Gasteiger partial charge < -0.3 is 9.47 Å². The normalized spacial score (nSPS) is 11.2. The fourth-order valence-electron chi connectivity index (χ4n) is 2.85. The maximum atomic E-state index is 14.6. The van der Waals surface area contributed by atoms with Gasteiger partial charge in [-0.1, -0.05) is 68.3 Å². The molecule has 34 heavy (non-hydrogen) atoms. The summed E-state index contributed by atoms with van der Waals surface area (Å²) in [6, 6.07) is 12.8. The predicted octanol–water partition coefficient (Wildman–Crippen LogP) is 6.75. The molecule has 0 spiro atoms. The summed E-state index contributed by atoms with van der Waals surface area (Å²) in [6.45, 7) is 14.2. The highest BCUT2D eigenvalue weighted by atomic mass is 19.1. The lowest BCUT2D eigenvalue weighted by Gasteiger charge is -2.07. The zero-order valence-electron chi connectivity index (χ0n) is 19.6. The quantitative estimate of drug-likeness (QED) is 0.122. The summed E-state index contributed by atoms with van der Waals surface area (Å²) in [5.74, 6) is -1.05. The number of halogens is 1. The van der Waals surface area contributed by atoms with Gasteiger partial charge in [-0.2, -0.15) is 0 Å². The summed E-state index contributed by atoms with van der Waals surface area (Å²) in [6.07, 6.45) is 7.57. The highest BCUT2D eigenvalue weighted by Gasteiger charge is 2.06. The molecule has 2 rings (SSSR count). The molecular weight excluding hydrogens is 431 g/mol. The van der Waals surface area contributed by atoms with Crippen LogP contribution in [0.2, 0.25) is 0 Å². The van der Waals surface area contributed by atoms with E-state index in [1.807, 2.05) is 30.3 Å². The Hall–Kier alpha value is -3.99. The molecule has 0 heterocycles. The van der Waals surface area contributed by atoms with Gasteiger partial charge in [-0.15, -0.1) is 0 Å². The van der Waals surface area contributed by atoms with Crippen LogP contribution >= 0.6 is 0 Å². The Morgan fingerprint density at radius 2 is 1.62 bits per heavy atom. The molecule has 0 aliphatic rings. The molecule has 0 amide bonds. The summed E-state index contributed by atoms with van der Waals surface area (Å²) in [5, 5.41) is 0. The molecule has 176 valence electrons. The first-order valence-electron chi connectivity index (χ1n) is 10.8. The number of carbonyl (C=O) groups is 2. The van der Waals surface area contributed by atoms with Crippen molar-refractivity contribution in [2.24, 2.45) is 0 Å². The SMILES string of the molecule is C=C/C(=C\C=C\c1ccc(-c2ccc(CCCOC(=O)C(=C)C)cc2)cc1F)OC(=O)C(=C)C. The molecule has 0 aliphatic carbocycles. The zero-order chi connectivity index (χ0) is 25.1. The number of aryl methyl sites for hydroxylation is 1. The second kappa shape index (κ2) is 12.9.